The fraction of sp³-hybridized carbons (Fsp3) is 0.167. The lowest BCUT2D eigenvalue weighted by molar-refractivity contribution is -0.149. The summed E-state index contributed by atoms with van der Waals surface area (Å²) in [4.78, 5) is 24.2. The molecule has 0 radical (unpaired) electrons. The molecule has 0 aliphatic carbocycles. The van der Waals surface area contributed by atoms with Gasteiger partial charge in [-0.05, 0) is 42.7 Å². The molecule has 148 valence electrons. The Bertz CT molecular complexity index is 999. The number of hydrogen-bond donors (Lipinski definition) is 1. The van der Waals surface area contributed by atoms with Crippen molar-refractivity contribution in [2.45, 2.75) is 13.8 Å². The third-order valence-electron chi connectivity index (χ3n) is 4.34. The van der Waals surface area contributed by atoms with E-state index in [2.05, 4.69) is 5.32 Å². The largest absolute Gasteiger partial charge is 0.482 e. The fourth-order valence-electron chi connectivity index (χ4n) is 2.84. The van der Waals surface area contributed by atoms with Gasteiger partial charge in [-0.3, -0.25) is 4.79 Å². The predicted molar refractivity (Wildman–Crippen MR) is 113 cm³/mol. The summed E-state index contributed by atoms with van der Waals surface area (Å²) in [6.45, 7) is 3.22. The maximum absolute atomic E-state index is 12.2. The molecule has 0 aliphatic rings. The number of hydrogen-bond acceptors (Lipinski definition) is 4. The number of esters is 1. The second kappa shape index (κ2) is 9.55. The van der Waals surface area contributed by atoms with Gasteiger partial charge in [-0.25, -0.2) is 4.79 Å². The Morgan fingerprint density at radius 1 is 0.862 bits per heavy atom. The van der Waals surface area contributed by atoms with E-state index in [1.807, 2.05) is 86.6 Å². The third-order valence-corrected chi connectivity index (χ3v) is 4.34. The van der Waals surface area contributed by atoms with Crippen molar-refractivity contribution in [3.05, 3.63) is 83.9 Å². The van der Waals surface area contributed by atoms with Crippen LogP contribution in [-0.2, 0) is 14.3 Å². The van der Waals surface area contributed by atoms with Crippen molar-refractivity contribution in [2.24, 2.45) is 0 Å². The van der Waals surface area contributed by atoms with Gasteiger partial charge >= 0.3 is 5.97 Å². The molecule has 0 fully saturated rings. The lowest BCUT2D eigenvalue weighted by atomic mass is 10.0. The molecule has 3 rings (SSSR count). The summed E-state index contributed by atoms with van der Waals surface area (Å²) in [5.74, 6) is -0.381. The zero-order valence-corrected chi connectivity index (χ0v) is 16.5. The van der Waals surface area contributed by atoms with Crippen molar-refractivity contribution in [2.75, 3.05) is 18.5 Å². The van der Waals surface area contributed by atoms with Gasteiger partial charge in [0, 0.05) is 11.3 Å². The molecule has 0 spiro atoms. The summed E-state index contributed by atoms with van der Waals surface area (Å²) in [6, 6.07) is 23.0. The smallest absolute Gasteiger partial charge is 0.344 e. The highest BCUT2D eigenvalue weighted by Gasteiger charge is 2.12. The molecule has 0 bridgehead atoms. The number of amides is 1. The van der Waals surface area contributed by atoms with Crippen LogP contribution >= 0.6 is 0 Å². The Kier molecular flexibility index (Phi) is 6.63. The zero-order valence-electron chi connectivity index (χ0n) is 16.5. The van der Waals surface area contributed by atoms with Gasteiger partial charge in [-0.1, -0.05) is 60.7 Å². The Morgan fingerprint density at radius 2 is 1.59 bits per heavy atom. The molecular formula is C24H23NO4. The van der Waals surface area contributed by atoms with Crippen LogP contribution in [0.15, 0.2) is 72.8 Å². The zero-order chi connectivity index (χ0) is 20.6. The molecule has 3 aromatic rings. The number of rotatable bonds is 7. The van der Waals surface area contributed by atoms with Gasteiger partial charge in [0.1, 0.15) is 5.75 Å². The van der Waals surface area contributed by atoms with Gasteiger partial charge in [0.2, 0.25) is 0 Å². The number of carbonyl (C=O) groups is 2. The molecule has 5 nitrogen and oxygen atoms in total. The monoisotopic (exact) mass is 389 g/mol. The summed E-state index contributed by atoms with van der Waals surface area (Å²) in [6.07, 6.45) is 0. The van der Waals surface area contributed by atoms with Crippen molar-refractivity contribution >= 4 is 17.6 Å². The lowest BCUT2D eigenvalue weighted by Crippen LogP contribution is -2.24. The molecule has 0 heterocycles. The SMILES string of the molecule is Cc1ccc(C)c(OCC(=O)OCC(=O)Nc2ccccc2-c2ccccc2)c1. The number of anilines is 1. The maximum Gasteiger partial charge on any atom is 0.344 e. The fourth-order valence-corrected chi connectivity index (χ4v) is 2.84. The van der Waals surface area contributed by atoms with Crippen LogP contribution in [0.1, 0.15) is 11.1 Å². The van der Waals surface area contributed by atoms with Crippen molar-refractivity contribution in [1.29, 1.82) is 0 Å². The molecule has 29 heavy (non-hydrogen) atoms. The standard InChI is InChI=1S/C24H23NO4/c1-17-12-13-18(2)22(14-17)28-16-24(27)29-15-23(26)25-21-11-7-6-10-20(21)19-8-4-3-5-9-19/h3-14H,15-16H2,1-2H3,(H,25,26). The van der Waals surface area contributed by atoms with Gasteiger partial charge in [-0.2, -0.15) is 0 Å². The Labute approximate surface area is 170 Å². The van der Waals surface area contributed by atoms with E-state index in [-0.39, 0.29) is 13.2 Å². The quantitative estimate of drug-likeness (QED) is 0.603. The van der Waals surface area contributed by atoms with Crippen LogP contribution in [0.5, 0.6) is 5.75 Å². The van der Waals surface area contributed by atoms with Crippen LogP contribution < -0.4 is 10.1 Å². The number of benzene rings is 3. The molecule has 0 atom stereocenters. The Hall–Kier alpha value is -3.60. The summed E-state index contributed by atoms with van der Waals surface area (Å²) in [5, 5.41) is 2.80. The number of para-hydroxylation sites is 1. The molecule has 1 N–H and O–H groups in total. The highest BCUT2D eigenvalue weighted by Crippen LogP contribution is 2.27. The minimum atomic E-state index is -0.600. The molecule has 0 saturated heterocycles. The van der Waals surface area contributed by atoms with Crippen LogP contribution in [0.4, 0.5) is 5.69 Å². The number of carbonyl (C=O) groups excluding carboxylic acids is 2. The number of ether oxygens (including phenoxy) is 2. The van der Waals surface area contributed by atoms with E-state index in [0.29, 0.717) is 11.4 Å². The van der Waals surface area contributed by atoms with Crippen molar-refractivity contribution in [1.82, 2.24) is 0 Å². The number of nitrogens with one attached hydrogen (secondary N) is 1. The molecule has 0 saturated carbocycles. The summed E-state index contributed by atoms with van der Waals surface area (Å²) < 4.78 is 10.5. The Balaban J connectivity index is 1.53. The van der Waals surface area contributed by atoms with Crippen LogP contribution in [0.25, 0.3) is 11.1 Å². The van der Waals surface area contributed by atoms with Gasteiger partial charge in [0.15, 0.2) is 13.2 Å². The predicted octanol–water partition coefficient (Wildman–Crippen LogP) is 4.53. The lowest BCUT2D eigenvalue weighted by Gasteiger charge is -2.12. The topological polar surface area (TPSA) is 64.6 Å². The average molecular weight is 389 g/mol. The van der Waals surface area contributed by atoms with Gasteiger partial charge in [-0.15, -0.1) is 0 Å². The van der Waals surface area contributed by atoms with Gasteiger partial charge in [0.25, 0.3) is 5.91 Å². The van der Waals surface area contributed by atoms with Gasteiger partial charge in [0.05, 0.1) is 0 Å². The van der Waals surface area contributed by atoms with Crippen LogP contribution in [-0.4, -0.2) is 25.1 Å². The van der Waals surface area contributed by atoms with Crippen molar-refractivity contribution in [3.8, 4) is 16.9 Å². The van der Waals surface area contributed by atoms with Crippen molar-refractivity contribution < 1.29 is 19.1 Å². The van der Waals surface area contributed by atoms with Crippen LogP contribution in [0.3, 0.4) is 0 Å². The first kappa shape index (κ1) is 20.1. The molecule has 0 aromatic heterocycles. The summed E-state index contributed by atoms with van der Waals surface area (Å²) in [7, 11) is 0. The first-order valence-corrected chi connectivity index (χ1v) is 9.33. The van der Waals surface area contributed by atoms with Crippen LogP contribution in [0, 0.1) is 13.8 Å². The highest BCUT2D eigenvalue weighted by molar-refractivity contribution is 5.96. The molecular weight excluding hydrogens is 366 g/mol. The van der Waals surface area contributed by atoms with Crippen molar-refractivity contribution in [3.63, 3.8) is 0 Å². The van der Waals surface area contributed by atoms with E-state index >= 15 is 0 Å². The van der Waals surface area contributed by atoms with E-state index in [9.17, 15) is 9.59 Å². The number of aryl methyl sites for hydroxylation is 2. The molecule has 0 unspecified atom stereocenters. The Morgan fingerprint density at radius 3 is 2.38 bits per heavy atom. The summed E-state index contributed by atoms with van der Waals surface area (Å²) >= 11 is 0. The molecule has 3 aromatic carbocycles. The van der Waals surface area contributed by atoms with E-state index in [4.69, 9.17) is 9.47 Å². The van der Waals surface area contributed by atoms with E-state index < -0.39 is 11.9 Å². The van der Waals surface area contributed by atoms with Gasteiger partial charge < -0.3 is 14.8 Å². The first-order valence-electron chi connectivity index (χ1n) is 9.33. The van der Waals surface area contributed by atoms with E-state index in [0.717, 1.165) is 22.3 Å². The van der Waals surface area contributed by atoms with Crippen LogP contribution in [0.2, 0.25) is 0 Å². The molecule has 5 heteroatoms. The summed E-state index contributed by atoms with van der Waals surface area (Å²) in [5.41, 5.74) is 4.51. The molecule has 0 aliphatic heterocycles. The van der Waals surface area contributed by atoms with E-state index in [1.165, 1.54) is 0 Å². The van der Waals surface area contributed by atoms with E-state index in [1.54, 1.807) is 0 Å². The first-order chi connectivity index (χ1) is 14.0. The molecule has 1 amide bonds. The maximum atomic E-state index is 12.2. The third kappa shape index (κ3) is 5.69. The normalized spacial score (nSPS) is 10.3. The second-order valence-electron chi connectivity index (χ2n) is 6.68. The average Bonchev–Trinajstić information content (AvgIpc) is 2.74. The highest BCUT2D eigenvalue weighted by atomic mass is 16.6. The second-order valence-corrected chi connectivity index (χ2v) is 6.68. The minimum Gasteiger partial charge on any atom is -0.482 e. The minimum absolute atomic E-state index is 0.252.